The minimum absolute atomic E-state index is 0.0890. The van der Waals surface area contributed by atoms with E-state index < -0.39 is 5.97 Å². The Bertz CT molecular complexity index is 729. The van der Waals surface area contributed by atoms with Crippen LogP contribution in [0.1, 0.15) is 5.56 Å². The van der Waals surface area contributed by atoms with E-state index in [-0.39, 0.29) is 6.42 Å². The third kappa shape index (κ3) is 2.10. The molecule has 1 heterocycles. The number of aliphatic carboxylic acids is 1. The molecule has 0 aliphatic carbocycles. The van der Waals surface area contributed by atoms with Crippen molar-refractivity contribution in [2.75, 3.05) is 0 Å². The predicted octanol–water partition coefficient (Wildman–Crippen LogP) is 2.13. The maximum absolute atomic E-state index is 11.0. The van der Waals surface area contributed by atoms with Gasteiger partial charge in [-0.3, -0.25) is 0 Å². The SMILES string of the molecule is O=C([O-])Cc1c(-c2ccccc2)[nH]c2ccccc12. The van der Waals surface area contributed by atoms with E-state index in [0.717, 1.165) is 27.7 Å². The highest BCUT2D eigenvalue weighted by atomic mass is 16.4. The van der Waals surface area contributed by atoms with Crippen molar-refractivity contribution in [3.63, 3.8) is 0 Å². The summed E-state index contributed by atoms with van der Waals surface area (Å²) in [6.45, 7) is 0. The molecule has 0 saturated heterocycles. The number of aromatic nitrogens is 1. The molecular weight excluding hydrogens is 238 g/mol. The zero-order chi connectivity index (χ0) is 13.2. The van der Waals surface area contributed by atoms with Gasteiger partial charge < -0.3 is 14.9 Å². The molecule has 0 atom stereocenters. The lowest BCUT2D eigenvalue weighted by Crippen LogP contribution is -2.24. The summed E-state index contributed by atoms with van der Waals surface area (Å²) >= 11 is 0. The van der Waals surface area contributed by atoms with Crippen LogP contribution in [-0.4, -0.2) is 11.0 Å². The number of carboxylic acid groups (broad SMARTS) is 1. The Balaban J connectivity index is 2.26. The summed E-state index contributed by atoms with van der Waals surface area (Å²) < 4.78 is 0. The quantitative estimate of drug-likeness (QED) is 0.774. The van der Waals surface area contributed by atoms with E-state index in [1.165, 1.54) is 0 Å². The van der Waals surface area contributed by atoms with Gasteiger partial charge in [-0.2, -0.15) is 0 Å². The highest BCUT2D eigenvalue weighted by Gasteiger charge is 2.12. The largest absolute Gasteiger partial charge is 0.550 e. The van der Waals surface area contributed by atoms with Gasteiger partial charge in [0.05, 0.1) is 5.69 Å². The van der Waals surface area contributed by atoms with Crippen molar-refractivity contribution >= 4 is 16.9 Å². The van der Waals surface area contributed by atoms with Gasteiger partial charge >= 0.3 is 0 Å². The molecule has 3 heteroatoms. The molecule has 0 radical (unpaired) electrons. The lowest BCUT2D eigenvalue weighted by atomic mass is 10.0. The summed E-state index contributed by atoms with van der Waals surface area (Å²) in [7, 11) is 0. The van der Waals surface area contributed by atoms with Gasteiger partial charge in [0.1, 0.15) is 0 Å². The van der Waals surface area contributed by atoms with Gasteiger partial charge in [-0.1, -0.05) is 48.5 Å². The van der Waals surface area contributed by atoms with Crippen LogP contribution in [0.2, 0.25) is 0 Å². The van der Waals surface area contributed by atoms with Crippen LogP contribution in [0.4, 0.5) is 0 Å². The van der Waals surface area contributed by atoms with Gasteiger partial charge in [-0.05, 0) is 17.2 Å². The first-order valence-corrected chi connectivity index (χ1v) is 6.10. The van der Waals surface area contributed by atoms with Crippen molar-refractivity contribution in [2.24, 2.45) is 0 Å². The molecule has 1 N–H and O–H groups in total. The number of hydrogen-bond donors (Lipinski definition) is 1. The zero-order valence-electron chi connectivity index (χ0n) is 10.2. The minimum atomic E-state index is -1.07. The molecule has 19 heavy (non-hydrogen) atoms. The Morgan fingerprint density at radius 3 is 2.42 bits per heavy atom. The van der Waals surface area contributed by atoms with Crippen LogP contribution in [0.25, 0.3) is 22.2 Å². The minimum Gasteiger partial charge on any atom is -0.550 e. The van der Waals surface area contributed by atoms with Gasteiger partial charge in [0.15, 0.2) is 0 Å². The molecule has 3 aromatic rings. The number of hydrogen-bond acceptors (Lipinski definition) is 2. The van der Waals surface area contributed by atoms with Gasteiger partial charge in [-0.25, -0.2) is 0 Å². The molecule has 0 amide bonds. The van der Waals surface area contributed by atoms with E-state index in [9.17, 15) is 9.90 Å². The number of carboxylic acids is 1. The van der Waals surface area contributed by atoms with Crippen LogP contribution in [0.5, 0.6) is 0 Å². The number of benzene rings is 2. The van der Waals surface area contributed by atoms with E-state index in [1.54, 1.807) is 0 Å². The molecular formula is C16H12NO2-. The predicted molar refractivity (Wildman–Crippen MR) is 72.4 cm³/mol. The zero-order valence-corrected chi connectivity index (χ0v) is 10.2. The topological polar surface area (TPSA) is 55.9 Å². The highest BCUT2D eigenvalue weighted by Crippen LogP contribution is 2.30. The molecule has 0 fully saturated rings. The number of H-pyrrole nitrogens is 1. The summed E-state index contributed by atoms with van der Waals surface area (Å²) in [5, 5.41) is 11.9. The Morgan fingerprint density at radius 2 is 1.68 bits per heavy atom. The first kappa shape index (κ1) is 11.5. The van der Waals surface area contributed by atoms with Crippen LogP contribution in [0, 0.1) is 0 Å². The number of para-hydroxylation sites is 1. The third-order valence-corrected chi connectivity index (χ3v) is 3.20. The fourth-order valence-corrected chi connectivity index (χ4v) is 2.38. The molecule has 1 aromatic heterocycles. The molecule has 3 nitrogen and oxygen atoms in total. The standard InChI is InChI=1S/C16H13NO2/c18-15(19)10-13-12-8-4-5-9-14(12)17-16(13)11-6-2-1-3-7-11/h1-9,17H,10H2,(H,18,19)/p-1. The summed E-state index contributed by atoms with van der Waals surface area (Å²) in [5.74, 6) is -1.07. The smallest absolute Gasteiger partial charge is 0.0501 e. The van der Waals surface area contributed by atoms with E-state index in [2.05, 4.69) is 4.98 Å². The average molecular weight is 250 g/mol. The number of carbonyl (C=O) groups excluding carboxylic acids is 1. The Labute approximate surface area is 110 Å². The fraction of sp³-hybridized carbons (Fsp3) is 0.0625. The van der Waals surface area contributed by atoms with E-state index >= 15 is 0 Å². The molecule has 94 valence electrons. The van der Waals surface area contributed by atoms with E-state index in [1.807, 2.05) is 54.6 Å². The van der Waals surface area contributed by atoms with Crippen molar-refractivity contribution in [1.82, 2.24) is 4.98 Å². The first-order valence-electron chi connectivity index (χ1n) is 6.10. The van der Waals surface area contributed by atoms with Crippen LogP contribution < -0.4 is 5.11 Å². The van der Waals surface area contributed by atoms with E-state index in [4.69, 9.17) is 0 Å². The average Bonchev–Trinajstić information content (AvgIpc) is 2.78. The van der Waals surface area contributed by atoms with Gasteiger partial charge in [0.25, 0.3) is 0 Å². The molecule has 0 saturated carbocycles. The number of nitrogens with one attached hydrogen (secondary N) is 1. The normalized spacial score (nSPS) is 10.7. The molecule has 3 rings (SSSR count). The lowest BCUT2D eigenvalue weighted by molar-refractivity contribution is -0.304. The second kappa shape index (κ2) is 4.61. The molecule has 0 aliphatic rings. The second-order valence-corrected chi connectivity index (χ2v) is 4.44. The van der Waals surface area contributed by atoms with Gasteiger partial charge in [0, 0.05) is 23.3 Å². The molecule has 0 spiro atoms. The van der Waals surface area contributed by atoms with Gasteiger partial charge in [0.2, 0.25) is 0 Å². The molecule has 2 aromatic carbocycles. The van der Waals surface area contributed by atoms with Crippen LogP contribution in [-0.2, 0) is 11.2 Å². The molecule has 0 aliphatic heterocycles. The summed E-state index contributed by atoms with van der Waals surface area (Å²) in [6, 6.07) is 17.4. The maximum atomic E-state index is 11.0. The van der Waals surface area contributed by atoms with E-state index in [0.29, 0.717) is 0 Å². The number of fused-ring (bicyclic) bond motifs is 1. The summed E-state index contributed by atoms with van der Waals surface area (Å²) in [6.07, 6.45) is -0.0890. The monoisotopic (exact) mass is 250 g/mol. The summed E-state index contributed by atoms with van der Waals surface area (Å²) in [5.41, 5.74) is 3.56. The Hall–Kier alpha value is -2.55. The Kier molecular flexibility index (Phi) is 2.80. The van der Waals surface area contributed by atoms with Crippen molar-refractivity contribution in [3.05, 3.63) is 60.2 Å². The van der Waals surface area contributed by atoms with Crippen LogP contribution >= 0.6 is 0 Å². The van der Waals surface area contributed by atoms with Crippen molar-refractivity contribution in [3.8, 4) is 11.3 Å². The fourth-order valence-electron chi connectivity index (χ4n) is 2.38. The second-order valence-electron chi connectivity index (χ2n) is 4.44. The number of rotatable bonds is 3. The summed E-state index contributed by atoms with van der Waals surface area (Å²) in [4.78, 5) is 14.3. The highest BCUT2D eigenvalue weighted by molar-refractivity contribution is 5.93. The first-order chi connectivity index (χ1) is 9.25. The van der Waals surface area contributed by atoms with Crippen LogP contribution in [0.15, 0.2) is 54.6 Å². The van der Waals surface area contributed by atoms with Crippen molar-refractivity contribution in [1.29, 1.82) is 0 Å². The van der Waals surface area contributed by atoms with Crippen LogP contribution in [0.3, 0.4) is 0 Å². The maximum Gasteiger partial charge on any atom is 0.0501 e. The molecule has 0 unspecified atom stereocenters. The van der Waals surface area contributed by atoms with Crippen molar-refractivity contribution in [2.45, 2.75) is 6.42 Å². The van der Waals surface area contributed by atoms with Gasteiger partial charge in [-0.15, -0.1) is 0 Å². The number of carbonyl (C=O) groups is 1. The third-order valence-electron chi connectivity index (χ3n) is 3.20. The lowest BCUT2D eigenvalue weighted by Gasteiger charge is -2.05. The number of aromatic amines is 1. The molecule has 0 bridgehead atoms. The Morgan fingerprint density at radius 1 is 1.00 bits per heavy atom. The van der Waals surface area contributed by atoms with Crippen molar-refractivity contribution < 1.29 is 9.90 Å².